The summed E-state index contributed by atoms with van der Waals surface area (Å²) >= 11 is 0. The largest absolute Gasteiger partial charge is 0.586 e. The molecule has 110 valence electrons. The van der Waals surface area contributed by atoms with Crippen molar-refractivity contribution in [3.05, 3.63) is 41.9 Å². The minimum Gasteiger partial charge on any atom is -0.478 e. The van der Waals surface area contributed by atoms with Crippen molar-refractivity contribution in [3.63, 3.8) is 0 Å². The van der Waals surface area contributed by atoms with Crippen LogP contribution in [0.3, 0.4) is 0 Å². The van der Waals surface area contributed by atoms with Gasteiger partial charge in [-0.2, -0.15) is 0 Å². The number of halogens is 2. The molecule has 21 heavy (non-hydrogen) atoms. The van der Waals surface area contributed by atoms with Crippen LogP contribution in [0.5, 0.6) is 11.5 Å². The monoisotopic (exact) mass is 297 g/mol. The van der Waals surface area contributed by atoms with E-state index in [2.05, 4.69) is 14.8 Å². The van der Waals surface area contributed by atoms with E-state index < -0.39 is 12.3 Å². The summed E-state index contributed by atoms with van der Waals surface area (Å²) in [5.74, 6) is -1.03. The second-order valence-electron chi connectivity index (χ2n) is 4.25. The molecule has 2 N–H and O–H groups in total. The third kappa shape index (κ3) is 2.60. The lowest BCUT2D eigenvalue weighted by Crippen LogP contribution is -2.25. The summed E-state index contributed by atoms with van der Waals surface area (Å²) in [6.07, 6.45) is -2.40. The number of furan rings is 1. The highest BCUT2D eigenvalue weighted by Crippen LogP contribution is 2.42. The summed E-state index contributed by atoms with van der Waals surface area (Å²) < 4.78 is 39.4. The maximum atomic E-state index is 12.9. The fraction of sp³-hybridized carbons (Fsp3) is 0.154. The van der Waals surface area contributed by atoms with Gasteiger partial charge in [0, 0.05) is 11.8 Å². The zero-order valence-electron chi connectivity index (χ0n) is 10.4. The zero-order chi connectivity index (χ0) is 15.0. The fourth-order valence-electron chi connectivity index (χ4n) is 1.91. The van der Waals surface area contributed by atoms with Crippen molar-refractivity contribution in [2.24, 2.45) is 0 Å². The molecule has 1 aliphatic heterocycles. The number of anilines is 1. The summed E-state index contributed by atoms with van der Waals surface area (Å²) in [5, 5.41) is 11.8. The first kappa shape index (κ1) is 13.2. The van der Waals surface area contributed by atoms with Crippen LogP contribution in [0, 0.1) is 0 Å². The molecular formula is C13H9F2NO5. The van der Waals surface area contributed by atoms with Gasteiger partial charge in [0.2, 0.25) is 0 Å². The molecule has 0 atom stereocenters. The normalized spacial score (nSPS) is 15.0. The SMILES string of the molecule is O=C(O)c1ccoc1CNc1ccc2c(c1)OC(F)(F)O2. The molecule has 6 nitrogen and oxygen atoms in total. The van der Waals surface area contributed by atoms with Gasteiger partial charge in [0.25, 0.3) is 0 Å². The molecular weight excluding hydrogens is 288 g/mol. The van der Waals surface area contributed by atoms with Crippen molar-refractivity contribution in [1.29, 1.82) is 0 Å². The number of benzene rings is 1. The first-order valence-corrected chi connectivity index (χ1v) is 5.88. The van der Waals surface area contributed by atoms with Crippen molar-refractivity contribution in [2.75, 3.05) is 5.32 Å². The molecule has 0 unspecified atom stereocenters. The molecule has 0 bridgehead atoms. The van der Waals surface area contributed by atoms with Gasteiger partial charge in [-0.05, 0) is 18.2 Å². The maximum Gasteiger partial charge on any atom is 0.586 e. The van der Waals surface area contributed by atoms with Crippen molar-refractivity contribution >= 4 is 11.7 Å². The fourth-order valence-corrected chi connectivity index (χ4v) is 1.91. The number of carbonyl (C=O) groups is 1. The Morgan fingerprint density at radius 1 is 1.24 bits per heavy atom. The number of ether oxygens (including phenoxy) is 2. The molecule has 8 heteroatoms. The Balaban J connectivity index is 1.73. The first-order chi connectivity index (χ1) is 9.94. The van der Waals surface area contributed by atoms with Crippen LogP contribution in [0.15, 0.2) is 34.9 Å². The summed E-state index contributed by atoms with van der Waals surface area (Å²) in [6.45, 7) is 0.0880. The molecule has 2 aromatic rings. The van der Waals surface area contributed by atoms with Crippen LogP contribution < -0.4 is 14.8 Å². The van der Waals surface area contributed by atoms with E-state index in [9.17, 15) is 13.6 Å². The summed E-state index contributed by atoms with van der Waals surface area (Å²) in [4.78, 5) is 10.9. The highest BCUT2D eigenvalue weighted by Gasteiger charge is 2.43. The van der Waals surface area contributed by atoms with Crippen LogP contribution >= 0.6 is 0 Å². The van der Waals surface area contributed by atoms with Gasteiger partial charge < -0.3 is 24.3 Å². The number of alkyl halides is 2. The average molecular weight is 297 g/mol. The van der Waals surface area contributed by atoms with Gasteiger partial charge in [0.05, 0.1) is 12.8 Å². The third-order valence-electron chi connectivity index (χ3n) is 2.83. The smallest absolute Gasteiger partial charge is 0.478 e. The van der Waals surface area contributed by atoms with Crippen molar-refractivity contribution in [1.82, 2.24) is 0 Å². The maximum absolute atomic E-state index is 12.9. The standard InChI is InChI=1S/C13H9F2NO5/c14-13(15)20-9-2-1-7(5-10(9)21-13)16-6-11-8(12(17)18)3-4-19-11/h1-5,16H,6H2,(H,17,18). The lowest BCUT2D eigenvalue weighted by atomic mass is 10.2. The predicted octanol–water partition coefficient (Wildman–Crippen LogP) is 2.91. The van der Waals surface area contributed by atoms with Gasteiger partial charge in [-0.3, -0.25) is 0 Å². The Kier molecular flexibility index (Phi) is 2.93. The van der Waals surface area contributed by atoms with Crippen LogP contribution in [0.25, 0.3) is 0 Å². The Morgan fingerprint density at radius 3 is 2.76 bits per heavy atom. The Labute approximate surface area is 116 Å². The number of carboxylic acids is 1. The van der Waals surface area contributed by atoms with Crippen LogP contribution in [-0.2, 0) is 6.54 Å². The Bertz CT molecular complexity index is 698. The van der Waals surface area contributed by atoms with E-state index in [0.29, 0.717) is 5.69 Å². The summed E-state index contributed by atoms with van der Waals surface area (Å²) in [6, 6.07) is 5.50. The van der Waals surface area contributed by atoms with Gasteiger partial charge >= 0.3 is 12.3 Å². The number of fused-ring (bicyclic) bond motifs is 1. The lowest BCUT2D eigenvalue weighted by molar-refractivity contribution is -0.286. The molecule has 3 rings (SSSR count). The van der Waals surface area contributed by atoms with E-state index in [1.54, 1.807) is 0 Å². The highest BCUT2D eigenvalue weighted by molar-refractivity contribution is 5.88. The van der Waals surface area contributed by atoms with Gasteiger partial charge in [-0.25, -0.2) is 4.79 Å². The Morgan fingerprint density at radius 2 is 2.00 bits per heavy atom. The second-order valence-corrected chi connectivity index (χ2v) is 4.25. The van der Waals surface area contributed by atoms with Crippen LogP contribution in [0.1, 0.15) is 16.1 Å². The van der Waals surface area contributed by atoms with E-state index in [1.165, 1.54) is 30.5 Å². The van der Waals surface area contributed by atoms with E-state index in [-0.39, 0.29) is 29.4 Å². The number of nitrogens with one attached hydrogen (secondary N) is 1. The molecule has 1 aromatic carbocycles. The van der Waals surface area contributed by atoms with Gasteiger partial charge in [-0.15, -0.1) is 8.78 Å². The van der Waals surface area contributed by atoms with Gasteiger partial charge in [0.1, 0.15) is 11.3 Å². The highest BCUT2D eigenvalue weighted by atomic mass is 19.3. The first-order valence-electron chi connectivity index (χ1n) is 5.88. The van der Waals surface area contributed by atoms with Gasteiger partial charge in [0.15, 0.2) is 11.5 Å². The molecule has 0 saturated carbocycles. The molecule has 1 aromatic heterocycles. The van der Waals surface area contributed by atoms with Crippen LogP contribution in [0.4, 0.5) is 14.5 Å². The minimum absolute atomic E-state index is 0.0368. The average Bonchev–Trinajstić information content (AvgIpc) is 2.97. The van der Waals surface area contributed by atoms with E-state index in [0.717, 1.165) is 0 Å². The van der Waals surface area contributed by atoms with E-state index >= 15 is 0 Å². The van der Waals surface area contributed by atoms with Crippen molar-refractivity contribution in [3.8, 4) is 11.5 Å². The number of hydrogen-bond acceptors (Lipinski definition) is 5. The number of hydrogen-bond donors (Lipinski definition) is 2. The molecule has 0 saturated heterocycles. The molecule has 0 amide bonds. The quantitative estimate of drug-likeness (QED) is 0.903. The molecule has 0 spiro atoms. The minimum atomic E-state index is -3.67. The molecule has 0 fully saturated rings. The van der Waals surface area contributed by atoms with Crippen LogP contribution in [0.2, 0.25) is 0 Å². The van der Waals surface area contributed by atoms with E-state index in [1.807, 2.05) is 0 Å². The molecule has 1 aliphatic rings. The number of carboxylic acid groups (broad SMARTS) is 1. The molecule has 0 aliphatic carbocycles. The molecule has 0 radical (unpaired) electrons. The van der Waals surface area contributed by atoms with Gasteiger partial charge in [-0.1, -0.05) is 0 Å². The summed E-state index contributed by atoms with van der Waals surface area (Å²) in [7, 11) is 0. The van der Waals surface area contributed by atoms with Crippen molar-refractivity contribution < 1.29 is 32.6 Å². The topological polar surface area (TPSA) is 80.9 Å². The zero-order valence-corrected chi connectivity index (χ0v) is 10.4. The number of rotatable bonds is 4. The summed E-state index contributed by atoms with van der Waals surface area (Å²) in [5.41, 5.74) is 0.498. The molecule has 2 heterocycles. The second kappa shape index (κ2) is 4.65. The van der Waals surface area contributed by atoms with Crippen molar-refractivity contribution in [2.45, 2.75) is 12.8 Å². The lowest BCUT2D eigenvalue weighted by Gasteiger charge is -2.06. The van der Waals surface area contributed by atoms with Crippen LogP contribution in [-0.4, -0.2) is 17.4 Å². The Hall–Kier alpha value is -2.77. The predicted molar refractivity (Wildman–Crippen MR) is 65.6 cm³/mol. The third-order valence-corrected chi connectivity index (χ3v) is 2.83. The van der Waals surface area contributed by atoms with E-state index in [4.69, 9.17) is 9.52 Å². The number of aromatic carboxylic acids is 1.